The number of carbonyl (C=O) groups is 1. The van der Waals surface area contributed by atoms with E-state index in [1.807, 2.05) is 24.3 Å². The largest absolute Gasteiger partial charge is 0.496 e. The number of hydrogen-bond acceptors (Lipinski definition) is 5. The van der Waals surface area contributed by atoms with Crippen molar-refractivity contribution in [2.75, 3.05) is 32.5 Å². The van der Waals surface area contributed by atoms with Crippen molar-refractivity contribution in [2.45, 2.75) is 42.8 Å². The third-order valence-corrected chi connectivity index (χ3v) is 8.75. The van der Waals surface area contributed by atoms with Gasteiger partial charge in [-0.3, -0.25) is 4.79 Å². The third kappa shape index (κ3) is 7.64. The maximum Gasteiger partial charge on any atom is 0.243 e. The summed E-state index contributed by atoms with van der Waals surface area (Å²) in [4.78, 5) is 12.6. The molecule has 1 amide bonds. The number of amides is 1. The molecule has 0 atom stereocenters. The summed E-state index contributed by atoms with van der Waals surface area (Å²) < 4.78 is 32.9. The summed E-state index contributed by atoms with van der Waals surface area (Å²) in [5.74, 6) is 2.20. The summed E-state index contributed by atoms with van der Waals surface area (Å²) in [6.45, 7) is 1.70. The number of nitrogens with one attached hydrogen (secondary N) is 1. The summed E-state index contributed by atoms with van der Waals surface area (Å²) in [5.41, 5.74) is 1.92. The molecule has 2 aromatic carbocycles. The Hall–Kier alpha value is -1.74. The van der Waals surface area contributed by atoms with Gasteiger partial charge in [-0.15, -0.1) is 0 Å². The van der Waals surface area contributed by atoms with Gasteiger partial charge < -0.3 is 10.1 Å². The number of nitrogens with zero attached hydrogens (tertiary/aromatic N) is 1. The van der Waals surface area contributed by atoms with Crippen molar-refractivity contribution < 1.29 is 17.9 Å². The van der Waals surface area contributed by atoms with Crippen LogP contribution >= 0.6 is 23.4 Å². The normalized spacial score (nSPS) is 14.7. The van der Waals surface area contributed by atoms with E-state index in [4.69, 9.17) is 16.3 Å². The average Bonchev–Trinajstić information content (AvgIpc) is 2.84. The topological polar surface area (TPSA) is 75.7 Å². The molecule has 33 heavy (non-hydrogen) atoms. The van der Waals surface area contributed by atoms with Crippen LogP contribution in [0.2, 0.25) is 5.02 Å². The van der Waals surface area contributed by atoms with Crippen LogP contribution in [0.3, 0.4) is 0 Å². The van der Waals surface area contributed by atoms with Crippen LogP contribution < -0.4 is 10.1 Å². The molecule has 3 rings (SSSR count). The van der Waals surface area contributed by atoms with Crippen molar-refractivity contribution >= 4 is 39.3 Å². The Labute approximate surface area is 206 Å². The Morgan fingerprint density at radius 3 is 2.55 bits per heavy atom. The molecule has 0 bridgehead atoms. The lowest BCUT2D eigenvalue weighted by atomic mass is 10.1. The first kappa shape index (κ1) is 25.9. The summed E-state index contributed by atoms with van der Waals surface area (Å²) in [6, 6.07) is 12.7. The lowest BCUT2D eigenvalue weighted by molar-refractivity contribution is -0.120. The van der Waals surface area contributed by atoms with Crippen LogP contribution in [0, 0.1) is 0 Å². The highest BCUT2D eigenvalue weighted by atomic mass is 35.5. The van der Waals surface area contributed by atoms with E-state index >= 15 is 0 Å². The van der Waals surface area contributed by atoms with Gasteiger partial charge in [0.05, 0.1) is 12.0 Å². The molecule has 0 aromatic heterocycles. The quantitative estimate of drug-likeness (QED) is 0.450. The fourth-order valence-corrected chi connectivity index (χ4v) is 6.25. The number of halogens is 1. The predicted molar refractivity (Wildman–Crippen MR) is 135 cm³/mol. The second kappa shape index (κ2) is 12.6. The zero-order valence-corrected chi connectivity index (χ0v) is 21.3. The highest BCUT2D eigenvalue weighted by molar-refractivity contribution is 7.98. The van der Waals surface area contributed by atoms with Crippen LogP contribution in [0.5, 0.6) is 5.75 Å². The van der Waals surface area contributed by atoms with Crippen molar-refractivity contribution in [1.82, 2.24) is 9.62 Å². The van der Waals surface area contributed by atoms with Gasteiger partial charge in [0.2, 0.25) is 15.9 Å². The number of rotatable bonds is 11. The molecule has 0 aliphatic carbocycles. The number of carbonyl (C=O) groups excluding carboxylic acids is 1. The van der Waals surface area contributed by atoms with Crippen LogP contribution in [0.15, 0.2) is 47.4 Å². The van der Waals surface area contributed by atoms with Crippen molar-refractivity contribution in [3.05, 3.63) is 58.6 Å². The third-order valence-electron chi connectivity index (χ3n) is 5.58. The molecule has 0 saturated carbocycles. The van der Waals surface area contributed by atoms with Gasteiger partial charge in [-0.2, -0.15) is 16.1 Å². The first-order chi connectivity index (χ1) is 15.9. The molecule has 6 nitrogen and oxygen atoms in total. The molecule has 0 spiro atoms. The number of aryl methyl sites for hydroxylation is 1. The molecule has 1 fully saturated rings. The van der Waals surface area contributed by atoms with Gasteiger partial charge in [0, 0.05) is 42.6 Å². The van der Waals surface area contributed by atoms with E-state index in [0.29, 0.717) is 31.8 Å². The van der Waals surface area contributed by atoms with Gasteiger partial charge in [0.1, 0.15) is 5.75 Å². The van der Waals surface area contributed by atoms with Crippen molar-refractivity contribution in [3.63, 3.8) is 0 Å². The Kier molecular flexibility index (Phi) is 9.92. The fraction of sp³-hybridized carbons (Fsp3) is 0.458. The van der Waals surface area contributed by atoms with E-state index in [0.717, 1.165) is 41.4 Å². The van der Waals surface area contributed by atoms with E-state index in [9.17, 15) is 13.2 Å². The van der Waals surface area contributed by atoms with Crippen molar-refractivity contribution in [3.8, 4) is 5.75 Å². The number of piperidine rings is 1. The molecule has 0 radical (unpaired) electrons. The Morgan fingerprint density at radius 1 is 1.12 bits per heavy atom. The molecule has 0 unspecified atom stereocenters. The van der Waals surface area contributed by atoms with Crippen LogP contribution in [0.4, 0.5) is 0 Å². The first-order valence-electron chi connectivity index (χ1n) is 11.2. The SMILES string of the molecule is COc1ccc(S(=O)(=O)N2CCCCC2)cc1CCC(=O)NCCSCc1ccc(Cl)cc1. The molecular formula is C24H31ClN2O4S2. The van der Waals surface area contributed by atoms with Crippen LogP contribution in [0.1, 0.15) is 36.8 Å². The van der Waals surface area contributed by atoms with Gasteiger partial charge in [0.15, 0.2) is 0 Å². The number of benzene rings is 2. The molecule has 9 heteroatoms. The predicted octanol–water partition coefficient (Wildman–Crippen LogP) is 4.51. The Bertz CT molecular complexity index is 1020. The lowest BCUT2D eigenvalue weighted by Gasteiger charge is -2.26. The molecule has 2 aromatic rings. The van der Waals surface area contributed by atoms with Crippen molar-refractivity contribution in [1.29, 1.82) is 0 Å². The second-order valence-corrected chi connectivity index (χ2v) is 11.4. The smallest absolute Gasteiger partial charge is 0.243 e. The van der Waals surface area contributed by atoms with Gasteiger partial charge in [0.25, 0.3) is 0 Å². The molecule has 1 heterocycles. The maximum atomic E-state index is 13.0. The average molecular weight is 511 g/mol. The molecule has 1 saturated heterocycles. The molecule has 180 valence electrons. The molecule has 1 aliphatic heterocycles. The van der Waals surface area contributed by atoms with Gasteiger partial charge in [-0.05, 0) is 60.7 Å². The van der Waals surface area contributed by atoms with E-state index in [1.54, 1.807) is 41.4 Å². The zero-order chi connectivity index (χ0) is 23.7. The molecular weight excluding hydrogens is 480 g/mol. The first-order valence-corrected chi connectivity index (χ1v) is 14.1. The van der Waals surface area contributed by atoms with Gasteiger partial charge >= 0.3 is 0 Å². The van der Waals surface area contributed by atoms with Crippen LogP contribution in [-0.4, -0.2) is 51.1 Å². The molecule has 1 N–H and O–H groups in total. The number of methoxy groups -OCH3 is 1. The maximum absolute atomic E-state index is 13.0. The minimum atomic E-state index is -3.53. The standard InChI is InChI=1S/C24H31ClN2O4S2/c1-31-23-11-10-22(33(29,30)27-14-3-2-4-15-27)17-20(23)7-12-24(28)26-13-16-32-18-19-5-8-21(25)9-6-19/h5-6,8-11,17H,2-4,7,12-16,18H2,1H3,(H,26,28). The van der Waals surface area contributed by atoms with E-state index in [2.05, 4.69) is 5.32 Å². The summed E-state index contributed by atoms with van der Waals surface area (Å²) in [5, 5.41) is 3.66. The number of ether oxygens (including phenoxy) is 1. The minimum absolute atomic E-state index is 0.0616. The number of sulfonamides is 1. The van der Waals surface area contributed by atoms with Crippen LogP contribution in [0.25, 0.3) is 0 Å². The Morgan fingerprint density at radius 2 is 1.85 bits per heavy atom. The van der Waals surface area contributed by atoms with E-state index in [-0.39, 0.29) is 17.2 Å². The number of thioether (sulfide) groups is 1. The summed E-state index contributed by atoms with van der Waals surface area (Å²) in [7, 11) is -1.98. The van der Waals surface area contributed by atoms with E-state index < -0.39 is 10.0 Å². The zero-order valence-electron chi connectivity index (χ0n) is 18.9. The van der Waals surface area contributed by atoms with Crippen LogP contribution in [-0.2, 0) is 27.0 Å². The summed E-state index contributed by atoms with van der Waals surface area (Å²) in [6.07, 6.45) is 3.52. The highest BCUT2D eigenvalue weighted by Crippen LogP contribution is 2.27. The minimum Gasteiger partial charge on any atom is -0.496 e. The summed E-state index contributed by atoms with van der Waals surface area (Å²) >= 11 is 7.64. The van der Waals surface area contributed by atoms with Crippen molar-refractivity contribution in [2.24, 2.45) is 0 Å². The lowest BCUT2D eigenvalue weighted by Crippen LogP contribution is -2.35. The highest BCUT2D eigenvalue weighted by Gasteiger charge is 2.26. The molecule has 1 aliphatic rings. The monoisotopic (exact) mass is 510 g/mol. The second-order valence-electron chi connectivity index (χ2n) is 7.97. The van der Waals surface area contributed by atoms with Gasteiger partial charge in [-0.1, -0.05) is 30.2 Å². The fourth-order valence-electron chi connectivity index (χ4n) is 3.73. The van der Waals surface area contributed by atoms with Gasteiger partial charge in [-0.25, -0.2) is 8.42 Å². The Balaban J connectivity index is 1.48. The van der Waals surface area contributed by atoms with E-state index in [1.165, 1.54) is 5.56 Å². The number of hydrogen-bond donors (Lipinski definition) is 1.